The monoisotopic (exact) mass is 295 g/mol. The summed E-state index contributed by atoms with van der Waals surface area (Å²) in [5.41, 5.74) is 1.82. The number of nitrogens with one attached hydrogen (secondary N) is 1. The fourth-order valence-corrected chi connectivity index (χ4v) is 2.98. The van der Waals surface area contributed by atoms with Crippen LogP contribution < -0.4 is 5.32 Å². The number of carbonyl (C=O) groups excluding carboxylic acids is 2. The van der Waals surface area contributed by atoms with Crippen LogP contribution >= 0.6 is 0 Å². The molecule has 2 heterocycles. The summed E-state index contributed by atoms with van der Waals surface area (Å²) < 4.78 is 1.91. The number of nitrogens with zero attached hydrogens (tertiary/aromatic N) is 2. The molecule has 1 N–H and O–H groups in total. The Morgan fingerprint density at radius 1 is 1.36 bits per heavy atom. The van der Waals surface area contributed by atoms with Gasteiger partial charge in [0.25, 0.3) is 0 Å². The van der Waals surface area contributed by atoms with Crippen LogP contribution in [0.15, 0.2) is 35.8 Å². The van der Waals surface area contributed by atoms with E-state index in [1.165, 1.54) is 0 Å². The summed E-state index contributed by atoms with van der Waals surface area (Å²) in [6.45, 7) is 5.70. The van der Waals surface area contributed by atoms with E-state index in [-0.39, 0.29) is 11.8 Å². The molecule has 2 aromatic rings. The third-order valence-corrected chi connectivity index (χ3v) is 3.90. The number of para-hydroxylation sites is 1. The fraction of sp³-hybridized carbons (Fsp3) is 0.235. The fourth-order valence-electron chi connectivity index (χ4n) is 2.98. The molecule has 0 spiro atoms. The van der Waals surface area contributed by atoms with E-state index >= 15 is 0 Å². The molecule has 112 valence electrons. The Balaban J connectivity index is 2.27. The Morgan fingerprint density at radius 2 is 2.14 bits per heavy atom. The second-order valence-corrected chi connectivity index (χ2v) is 5.18. The Hall–Kier alpha value is -2.69. The molecule has 0 aliphatic carbocycles. The molecular weight excluding hydrogens is 278 g/mol. The first-order valence-corrected chi connectivity index (χ1v) is 7.25. The van der Waals surface area contributed by atoms with Crippen LogP contribution in [0.5, 0.6) is 0 Å². The number of amides is 2. The number of aliphatic imine (C=N–C) groups is 1. The Labute approximate surface area is 128 Å². The number of piperidine rings is 1. The average molecular weight is 295 g/mol. The molecular formula is C17H17N3O2. The van der Waals surface area contributed by atoms with Gasteiger partial charge in [0.15, 0.2) is 0 Å². The second-order valence-electron chi connectivity index (χ2n) is 5.18. The highest BCUT2D eigenvalue weighted by atomic mass is 16.2. The summed E-state index contributed by atoms with van der Waals surface area (Å²) in [5.74, 6) is 0.204. The van der Waals surface area contributed by atoms with Crippen LogP contribution in [-0.2, 0) is 9.59 Å². The second kappa shape index (κ2) is 5.60. The molecule has 3 rings (SSSR count). The molecule has 1 aliphatic rings. The molecule has 1 aromatic carbocycles. The average Bonchev–Trinajstić information content (AvgIpc) is 2.81. The first-order chi connectivity index (χ1) is 10.7. The van der Waals surface area contributed by atoms with Crippen molar-refractivity contribution in [3.05, 3.63) is 36.4 Å². The van der Waals surface area contributed by atoms with Crippen LogP contribution in [-0.4, -0.2) is 22.6 Å². The maximum Gasteiger partial charge on any atom is 0.249 e. The van der Waals surface area contributed by atoms with Crippen molar-refractivity contribution in [1.29, 1.82) is 0 Å². The van der Waals surface area contributed by atoms with Gasteiger partial charge in [0.2, 0.25) is 11.8 Å². The van der Waals surface area contributed by atoms with Gasteiger partial charge in [-0.1, -0.05) is 30.9 Å². The van der Waals surface area contributed by atoms with E-state index in [0.29, 0.717) is 18.7 Å². The highest BCUT2D eigenvalue weighted by Gasteiger charge is 2.31. The summed E-state index contributed by atoms with van der Waals surface area (Å²) in [5, 5.41) is 3.42. The van der Waals surface area contributed by atoms with Gasteiger partial charge in [0, 0.05) is 23.6 Å². The van der Waals surface area contributed by atoms with Gasteiger partial charge in [0.1, 0.15) is 11.9 Å². The summed E-state index contributed by atoms with van der Waals surface area (Å²) in [7, 11) is 0. The Kier molecular flexibility index (Phi) is 3.63. The molecule has 1 atom stereocenters. The van der Waals surface area contributed by atoms with Crippen LogP contribution in [0.1, 0.15) is 31.4 Å². The molecule has 0 bridgehead atoms. The summed E-state index contributed by atoms with van der Waals surface area (Å²) >= 11 is 0. The number of imide groups is 1. The van der Waals surface area contributed by atoms with Crippen LogP contribution in [0.3, 0.4) is 0 Å². The quantitative estimate of drug-likeness (QED) is 0.699. The van der Waals surface area contributed by atoms with Gasteiger partial charge in [-0.2, -0.15) is 0 Å². The molecule has 22 heavy (non-hydrogen) atoms. The standard InChI is InChI=1S/C17H17N3O2/c1-3-11-12-7-5-6-8-13(12)20(16(11)18-4-2)14-9-10-15(21)19-17(14)22/h3-8,14H,1,9-10H2,2H3,(H,19,21,22)/b18-4-. The van der Waals surface area contributed by atoms with Crippen LogP contribution in [0.2, 0.25) is 0 Å². The van der Waals surface area contributed by atoms with Crippen LogP contribution in [0.4, 0.5) is 5.82 Å². The van der Waals surface area contributed by atoms with Gasteiger partial charge < -0.3 is 4.57 Å². The number of hydrogen-bond acceptors (Lipinski definition) is 3. The lowest BCUT2D eigenvalue weighted by molar-refractivity contribution is -0.135. The lowest BCUT2D eigenvalue weighted by Gasteiger charge is -2.24. The van der Waals surface area contributed by atoms with Crippen molar-refractivity contribution in [2.45, 2.75) is 25.8 Å². The lowest BCUT2D eigenvalue weighted by atomic mass is 10.1. The SMILES string of the molecule is C=Cc1c(/N=C\C)n(C2CCC(=O)NC2=O)c2ccccc12. The zero-order chi connectivity index (χ0) is 15.7. The van der Waals surface area contributed by atoms with Crippen LogP contribution in [0, 0.1) is 0 Å². The minimum atomic E-state index is -0.435. The Bertz CT molecular complexity index is 802. The third-order valence-electron chi connectivity index (χ3n) is 3.90. The zero-order valence-corrected chi connectivity index (χ0v) is 12.4. The maximum absolute atomic E-state index is 12.3. The van der Waals surface area contributed by atoms with Gasteiger partial charge >= 0.3 is 0 Å². The first-order valence-electron chi connectivity index (χ1n) is 7.25. The zero-order valence-electron chi connectivity index (χ0n) is 12.4. The van der Waals surface area contributed by atoms with Gasteiger partial charge in [-0.15, -0.1) is 0 Å². The number of aromatic nitrogens is 1. The number of carbonyl (C=O) groups is 2. The van der Waals surface area contributed by atoms with Gasteiger partial charge in [-0.3, -0.25) is 14.9 Å². The van der Waals surface area contributed by atoms with Gasteiger partial charge in [-0.25, -0.2) is 4.99 Å². The normalized spacial score (nSPS) is 18.9. The molecule has 1 aliphatic heterocycles. The largest absolute Gasteiger partial charge is 0.313 e. The Morgan fingerprint density at radius 3 is 2.82 bits per heavy atom. The third kappa shape index (κ3) is 2.15. The molecule has 1 saturated heterocycles. The summed E-state index contributed by atoms with van der Waals surface area (Å²) in [4.78, 5) is 28.1. The molecule has 1 aromatic heterocycles. The minimum absolute atomic E-state index is 0.220. The van der Waals surface area contributed by atoms with Crippen molar-refractivity contribution in [1.82, 2.24) is 9.88 Å². The maximum atomic E-state index is 12.3. The predicted molar refractivity (Wildman–Crippen MR) is 87.3 cm³/mol. The highest BCUT2D eigenvalue weighted by Crippen LogP contribution is 2.37. The van der Waals surface area contributed by atoms with Crippen molar-refractivity contribution in [2.24, 2.45) is 4.99 Å². The van der Waals surface area contributed by atoms with E-state index in [1.807, 2.05) is 35.8 Å². The van der Waals surface area contributed by atoms with E-state index in [2.05, 4.69) is 16.9 Å². The van der Waals surface area contributed by atoms with E-state index in [0.717, 1.165) is 16.5 Å². The molecule has 0 radical (unpaired) electrons. The molecule has 5 nitrogen and oxygen atoms in total. The topological polar surface area (TPSA) is 63.5 Å². The van der Waals surface area contributed by atoms with E-state index < -0.39 is 6.04 Å². The number of benzene rings is 1. The number of hydrogen-bond donors (Lipinski definition) is 1. The van der Waals surface area contributed by atoms with Gasteiger partial charge in [0.05, 0.1) is 5.52 Å². The summed E-state index contributed by atoms with van der Waals surface area (Å²) in [6, 6.07) is 7.39. The predicted octanol–water partition coefficient (Wildman–Crippen LogP) is 2.98. The van der Waals surface area contributed by atoms with Crippen molar-refractivity contribution in [2.75, 3.05) is 0 Å². The van der Waals surface area contributed by atoms with E-state index in [9.17, 15) is 9.59 Å². The minimum Gasteiger partial charge on any atom is -0.313 e. The van der Waals surface area contributed by atoms with E-state index in [1.54, 1.807) is 12.3 Å². The highest BCUT2D eigenvalue weighted by molar-refractivity contribution is 6.02. The van der Waals surface area contributed by atoms with Crippen molar-refractivity contribution < 1.29 is 9.59 Å². The lowest BCUT2D eigenvalue weighted by Crippen LogP contribution is -2.41. The molecule has 1 unspecified atom stereocenters. The molecule has 0 saturated carbocycles. The first kappa shape index (κ1) is 14.3. The number of fused-ring (bicyclic) bond motifs is 1. The van der Waals surface area contributed by atoms with Crippen molar-refractivity contribution >= 4 is 40.8 Å². The van der Waals surface area contributed by atoms with Crippen molar-refractivity contribution in [3.8, 4) is 0 Å². The number of rotatable bonds is 3. The van der Waals surface area contributed by atoms with Crippen molar-refractivity contribution in [3.63, 3.8) is 0 Å². The van der Waals surface area contributed by atoms with Gasteiger partial charge in [-0.05, 0) is 19.4 Å². The molecule has 2 amide bonds. The van der Waals surface area contributed by atoms with E-state index in [4.69, 9.17) is 0 Å². The summed E-state index contributed by atoms with van der Waals surface area (Å²) in [6.07, 6.45) is 4.27. The molecule has 1 fully saturated rings. The van der Waals surface area contributed by atoms with Crippen LogP contribution in [0.25, 0.3) is 17.0 Å². The smallest absolute Gasteiger partial charge is 0.249 e. The molecule has 5 heteroatoms.